The smallest absolute Gasteiger partial charge is 0.257 e. The Hall–Kier alpha value is -1.50. The number of aromatic nitrogens is 2. The number of thiophene rings is 1. The van der Waals surface area contributed by atoms with Gasteiger partial charge in [-0.1, -0.05) is 0 Å². The van der Waals surface area contributed by atoms with Crippen molar-refractivity contribution in [3.63, 3.8) is 0 Å². The maximum Gasteiger partial charge on any atom is 0.257 e. The summed E-state index contributed by atoms with van der Waals surface area (Å²) in [5.41, 5.74) is 0.662. The van der Waals surface area contributed by atoms with E-state index >= 15 is 0 Å². The largest absolute Gasteiger partial charge is 0.364 e. The molecule has 0 aliphatic heterocycles. The Labute approximate surface area is 106 Å². The molecular formula is C11H12F3N3S. The van der Waals surface area contributed by atoms with E-state index in [1.807, 2.05) is 0 Å². The van der Waals surface area contributed by atoms with E-state index in [-0.39, 0.29) is 5.13 Å². The summed E-state index contributed by atoms with van der Waals surface area (Å²) in [7, 11) is 0. The molecule has 0 spiro atoms. The minimum absolute atomic E-state index is 0.244. The summed E-state index contributed by atoms with van der Waals surface area (Å²) < 4.78 is 38.5. The first-order valence-electron chi connectivity index (χ1n) is 5.35. The predicted molar refractivity (Wildman–Crippen MR) is 64.6 cm³/mol. The second-order valence-corrected chi connectivity index (χ2v) is 4.92. The highest BCUT2D eigenvalue weighted by Crippen LogP contribution is 2.17. The van der Waals surface area contributed by atoms with Crippen LogP contribution >= 0.6 is 11.3 Å². The van der Waals surface area contributed by atoms with Gasteiger partial charge in [0.1, 0.15) is 12.4 Å². The van der Waals surface area contributed by atoms with Crippen LogP contribution in [0.3, 0.4) is 0 Å². The molecule has 0 aliphatic carbocycles. The van der Waals surface area contributed by atoms with Gasteiger partial charge in [0.2, 0.25) is 0 Å². The molecule has 98 valence electrons. The van der Waals surface area contributed by atoms with E-state index in [0.29, 0.717) is 18.1 Å². The number of rotatable bonds is 5. The number of nitrogens with one attached hydrogen (secondary N) is 1. The molecule has 0 amide bonds. The number of nitrogens with zero attached hydrogens (tertiary/aromatic N) is 2. The van der Waals surface area contributed by atoms with Gasteiger partial charge >= 0.3 is 0 Å². The second-order valence-electron chi connectivity index (χ2n) is 3.80. The molecule has 0 bridgehead atoms. The van der Waals surface area contributed by atoms with Crippen LogP contribution in [0.1, 0.15) is 10.6 Å². The number of anilines is 1. The average molecular weight is 275 g/mol. The molecule has 0 aromatic carbocycles. The zero-order chi connectivity index (χ0) is 13.1. The van der Waals surface area contributed by atoms with E-state index in [1.54, 1.807) is 19.1 Å². The van der Waals surface area contributed by atoms with E-state index in [0.717, 1.165) is 16.2 Å². The van der Waals surface area contributed by atoms with Crippen LogP contribution in [0.4, 0.5) is 19.0 Å². The first-order chi connectivity index (χ1) is 8.54. The van der Waals surface area contributed by atoms with Crippen LogP contribution in [0.25, 0.3) is 0 Å². The van der Waals surface area contributed by atoms with E-state index in [1.165, 1.54) is 10.7 Å². The molecule has 0 atom stereocenters. The highest BCUT2D eigenvalue weighted by Gasteiger charge is 2.09. The Morgan fingerprint density at radius 2 is 2.22 bits per heavy atom. The number of alkyl halides is 2. The normalized spacial score (nSPS) is 11.2. The highest BCUT2D eigenvalue weighted by atomic mass is 32.1. The van der Waals surface area contributed by atoms with Crippen molar-refractivity contribution in [2.24, 2.45) is 0 Å². The summed E-state index contributed by atoms with van der Waals surface area (Å²) >= 11 is 1.04. The molecule has 0 saturated heterocycles. The molecule has 2 rings (SSSR count). The molecule has 2 aromatic rings. The molecule has 0 unspecified atom stereocenters. The quantitative estimate of drug-likeness (QED) is 0.907. The van der Waals surface area contributed by atoms with E-state index in [9.17, 15) is 13.2 Å². The van der Waals surface area contributed by atoms with Gasteiger partial charge in [-0.15, -0.1) is 11.3 Å². The Kier molecular flexibility index (Phi) is 3.90. The third-order valence-corrected chi connectivity index (χ3v) is 3.24. The maximum absolute atomic E-state index is 12.8. The van der Waals surface area contributed by atoms with E-state index < -0.39 is 13.0 Å². The lowest BCUT2D eigenvalue weighted by Gasteiger charge is -2.02. The number of aryl methyl sites for hydroxylation is 1. The monoisotopic (exact) mass is 275 g/mol. The Balaban J connectivity index is 1.97. The van der Waals surface area contributed by atoms with Crippen molar-refractivity contribution in [2.45, 2.75) is 26.4 Å². The lowest BCUT2D eigenvalue weighted by molar-refractivity contribution is 0.121. The van der Waals surface area contributed by atoms with E-state index in [2.05, 4.69) is 10.4 Å². The minimum atomic E-state index is -2.43. The van der Waals surface area contributed by atoms with Crippen LogP contribution in [0, 0.1) is 12.1 Å². The van der Waals surface area contributed by atoms with Gasteiger partial charge in [-0.2, -0.15) is 9.49 Å². The molecule has 0 saturated carbocycles. The lowest BCUT2D eigenvalue weighted by Crippen LogP contribution is -2.10. The lowest BCUT2D eigenvalue weighted by atomic mass is 10.4. The van der Waals surface area contributed by atoms with Crippen molar-refractivity contribution in [3.8, 4) is 0 Å². The Morgan fingerprint density at radius 3 is 2.83 bits per heavy atom. The third kappa shape index (κ3) is 3.25. The maximum atomic E-state index is 12.8. The zero-order valence-electron chi connectivity index (χ0n) is 9.66. The first-order valence-corrected chi connectivity index (χ1v) is 6.17. The Morgan fingerprint density at radius 1 is 1.44 bits per heavy atom. The van der Waals surface area contributed by atoms with Crippen LogP contribution < -0.4 is 5.32 Å². The molecule has 7 heteroatoms. The van der Waals surface area contributed by atoms with Gasteiger partial charge < -0.3 is 5.32 Å². The van der Waals surface area contributed by atoms with Crippen molar-refractivity contribution in [1.82, 2.24) is 9.78 Å². The van der Waals surface area contributed by atoms with Gasteiger partial charge in [0.25, 0.3) is 6.43 Å². The topological polar surface area (TPSA) is 29.9 Å². The van der Waals surface area contributed by atoms with Crippen LogP contribution in [-0.4, -0.2) is 16.2 Å². The molecule has 0 radical (unpaired) electrons. The van der Waals surface area contributed by atoms with Crippen molar-refractivity contribution in [1.29, 1.82) is 0 Å². The van der Waals surface area contributed by atoms with Crippen LogP contribution in [-0.2, 0) is 13.1 Å². The van der Waals surface area contributed by atoms with Gasteiger partial charge in [-0.05, 0) is 19.1 Å². The van der Waals surface area contributed by atoms with Gasteiger partial charge in [-0.3, -0.25) is 4.68 Å². The van der Waals surface area contributed by atoms with Gasteiger partial charge in [0.05, 0.1) is 6.54 Å². The third-order valence-electron chi connectivity index (χ3n) is 2.36. The first kappa shape index (κ1) is 12.9. The standard InChI is InChI=1S/C11H12F3N3S/c1-7-4-11(16-17(7)6-9(12)13)15-5-8-2-3-10(14)18-8/h2-4,9H,5-6H2,1H3,(H,15,16). The van der Waals surface area contributed by atoms with E-state index in [4.69, 9.17) is 0 Å². The summed E-state index contributed by atoms with van der Waals surface area (Å²) in [6.45, 7) is 1.73. The summed E-state index contributed by atoms with van der Waals surface area (Å²) in [5, 5.41) is 6.74. The molecule has 3 nitrogen and oxygen atoms in total. The fraction of sp³-hybridized carbons (Fsp3) is 0.364. The fourth-order valence-corrected chi connectivity index (χ4v) is 2.20. The summed E-state index contributed by atoms with van der Waals surface area (Å²) in [6, 6.07) is 4.75. The molecule has 2 aromatic heterocycles. The van der Waals surface area contributed by atoms with Crippen LogP contribution in [0.2, 0.25) is 0 Å². The van der Waals surface area contributed by atoms with Gasteiger partial charge in [0.15, 0.2) is 5.13 Å². The van der Waals surface area contributed by atoms with Crippen molar-refractivity contribution >= 4 is 17.2 Å². The minimum Gasteiger partial charge on any atom is -0.364 e. The highest BCUT2D eigenvalue weighted by molar-refractivity contribution is 7.10. The molecule has 0 aliphatic rings. The average Bonchev–Trinajstić information content (AvgIpc) is 2.83. The van der Waals surface area contributed by atoms with Crippen molar-refractivity contribution in [3.05, 3.63) is 33.9 Å². The van der Waals surface area contributed by atoms with Crippen LogP contribution in [0.15, 0.2) is 18.2 Å². The van der Waals surface area contributed by atoms with Crippen molar-refractivity contribution in [2.75, 3.05) is 5.32 Å². The molecular weight excluding hydrogens is 263 g/mol. The van der Waals surface area contributed by atoms with Gasteiger partial charge in [-0.25, -0.2) is 8.78 Å². The van der Waals surface area contributed by atoms with Crippen molar-refractivity contribution < 1.29 is 13.2 Å². The number of hydrogen-bond acceptors (Lipinski definition) is 3. The molecule has 1 N–H and O–H groups in total. The second kappa shape index (κ2) is 5.43. The summed E-state index contributed by atoms with van der Waals surface area (Å²) in [6.07, 6.45) is -2.43. The Bertz CT molecular complexity index is 521. The summed E-state index contributed by atoms with van der Waals surface area (Å²) in [4.78, 5) is 0.827. The van der Waals surface area contributed by atoms with Crippen LogP contribution in [0.5, 0.6) is 0 Å². The number of hydrogen-bond donors (Lipinski definition) is 1. The number of halogens is 3. The molecule has 2 heterocycles. The summed E-state index contributed by atoms with van der Waals surface area (Å²) in [5.74, 6) is 0.516. The fourth-order valence-electron chi connectivity index (χ4n) is 1.54. The SMILES string of the molecule is Cc1cc(NCc2ccc(F)s2)nn1CC(F)F. The zero-order valence-corrected chi connectivity index (χ0v) is 10.5. The molecule has 0 fully saturated rings. The van der Waals surface area contributed by atoms with Gasteiger partial charge in [0, 0.05) is 16.6 Å². The molecule has 18 heavy (non-hydrogen) atoms. The predicted octanol–water partition coefficient (Wildman–Crippen LogP) is 3.27.